The Hall–Kier alpha value is -2.07. The van der Waals surface area contributed by atoms with E-state index >= 15 is 0 Å². The fourth-order valence-corrected chi connectivity index (χ4v) is 5.58. The number of benzene rings is 2. The molecule has 4 heteroatoms. The highest BCUT2D eigenvalue weighted by Gasteiger charge is 2.37. The second kappa shape index (κ2) is 7.26. The second-order valence-electron chi connectivity index (χ2n) is 10.2. The average molecular weight is 422 g/mol. The largest absolute Gasteiger partial charge is 0.289 e. The lowest BCUT2D eigenvalue weighted by molar-refractivity contribution is -0.125. The van der Waals surface area contributed by atoms with Crippen LogP contribution in [0.3, 0.4) is 0 Å². The topological polar surface area (TPSA) is 37.4 Å². The van der Waals surface area contributed by atoms with Gasteiger partial charge in [-0.25, -0.2) is 0 Å². The summed E-state index contributed by atoms with van der Waals surface area (Å²) in [6.07, 6.45) is 2.41. The maximum atomic E-state index is 11.9. The lowest BCUT2D eigenvalue weighted by atomic mass is 9.62. The van der Waals surface area contributed by atoms with Crippen LogP contribution in [0.15, 0.2) is 30.3 Å². The third-order valence-electron chi connectivity index (χ3n) is 6.96. The summed E-state index contributed by atoms with van der Waals surface area (Å²) in [6.45, 7) is 14.1. The number of hydrogen-bond acceptors (Lipinski definition) is 3. The van der Waals surface area contributed by atoms with Crippen molar-refractivity contribution in [1.29, 1.82) is 0 Å². The van der Waals surface area contributed by atoms with E-state index in [2.05, 4.69) is 71.9 Å². The first-order chi connectivity index (χ1) is 14.0. The number of carbonyl (C=O) groups is 2. The van der Waals surface area contributed by atoms with Crippen LogP contribution in [0.5, 0.6) is 0 Å². The van der Waals surface area contributed by atoms with Crippen LogP contribution >= 0.6 is 11.8 Å². The molecule has 0 aromatic heterocycles. The second-order valence-corrected chi connectivity index (χ2v) is 11.1. The Morgan fingerprint density at radius 1 is 0.867 bits per heavy atom. The molecule has 158 valence electrons. The SMILES string of the molecule is Cc1cc(CN2C(=O)CSC2=O)ccc1-c1cc2c(cc1C)C(C)(C)CCC2(C)C. The third-order valence-corrected chi connectivity index (χ3v) is 7.82. The van der Waals surface area contributed by atoms with E-state index in [-0.39, 0.29) is 27.7 Å². The Balaban J connectivity index is 1.73. The van der Waals surface area contributed by atoms with Crippen molar-refractivity contribution in [3.05, 3.63) is 58.1 Å². The highest BCUT2D eigenvalue weighted by Crippen LogP contribution is 2.47. The molecule has 0 spiro atoms. The van der Waals surface area contributed by atoms with E-state index in [1.165, 1.54) is 51.1 Å². The molecule has 1 saturated heterocycles. The number of fused-ring (bicyclic) bond motifs is 1. The first kappa shape index (κ1) is 21.2. The van der Waals surface area contributed by atoms with Gasteiger partial charge in [0.05, 0.1) is 12.3 Å². The van der Waals surface area contributed by atoms with E-state index in [1.54, 1.807) is 0 Å². The van der Waals surface area contributed by atoms with Gasteiger partial charge in [0.1, 0.15) is 0 Å². The molecule has 4 rings (SSSR count). The predicted octanol–water partition coefficient (Wildman–Crippen LogP) is 6.51. The number of nitrogens with zero attached hydrogens (tertiary/aromatic N) is 1. The Kier molecular flexibility index (Phi) is 5.13. The van der Waals surface area contributed by atoms with Gasteiger partial charge in [-0.05, 0) is 76.5 Å². The van der Waals surface area contributed by atoms with Gasteiger partial charge in [0, 0.05) is 0 Å². The van der Waals surface area contributed by atoms with Crippen LogP contribution in [0.1, 0.15) is 68.4 Å². The van der Waals surface area contributed by atoms with Crippen LogP contribution in [0.25, 0.3) is 11.1 Å². The van der Waals surface area contributed by atoms with Gasteiger partial charge in [-0.3, -0.25) is 14.5 Å². The third kappa shape index (κ3) is 3.60. The first-order valence-corrected chi connectivity index (χ1v) is 11.7. The minimum absolute atomic E-state index is 0.0953. The number of imide groups is 1. The molecule has 0 saturated carbocycles. The summed E-state index contributed by atoms with van der Waals surface area (Å²) in [5.41, 5.74) is 9.32. The molecule has 0 bridgehead atoms. The van der Waals surface area contributed by atoms with Crippen molar-refractivity contribution >= 4 is 22.9 Å². The minimum atomic E-state index is -0.142. The number of rotatable bonds is 3. The van der Waals surface area contributed by atoms with E-state index in [4.69, 9.17) is 0 Å². The van der Waals surface area contributed by atoms with Gasteiger partial charge >= 0.3 is 0 Å². The molecule has 0 N–H and O–H groups in total. The zero-order valence-corrected chi connectivity index (χ0v) is 19.7. The van der Waals surface area contributed by atoms with Crippen molar-refractivity contribution < 1.29 is 9.59 Å². The molecule has 3 nitrogen and oxygen atoms in total. The van der Waals surface area contributed by atoms with Crippen molar-refractivity contribution in [2.75, 3.05) is 5.75 Å². The highest BCUT2D eigenvalue weighted by atomic mass is 32.2. The maximum absolute atomic E-state index is 11.9. The summed E-state index contributed by atoms with van der Waals surface area (Å²) < 4.78 is 0. The average Bonchev–Trinajstić information content (AvgIpc) is 2.98. The van der Waals surface area contributed by atoms with Crippen LogP contribution in [-0.4, -0.2) is 21.8 Å². The van der Waals surface area contributed by atoms with E-state index in [0.29, 0.717) is 6.54 Å². The molecule has 0 radical (unpaired) electrons. The molecule has 2 aliphatic rings. The molecule has 0 atom stereocenters. The molecule has 30 heavy (non-hydrogen) atoms. The van der Waals surface area contributed by atoms with E-state index in [1.807, 2.05) is 0 Å². The summed E-state index contributed by atoms with van der Waals surface area (Å²) in [5.74, 6) is 0.165. The molecule has 1 aliphatic carbocycles. The van der Waals surface area contributed by atoms with Crippen LogP contribution in [0.4, 0.5) is 4.79 Å². The van der Waals surface area contributed by atoms with Gasteiger partial charge in [0.25, 0.3) is 5.24 Å². The number of hydrogen-bond donors (Lipinski definition) is 0. The smallest absolute Gasteiger partial charge is 0.273 e. The predicted molar refractivity (Wildman–Crippen MR) is 125 cm³/mol. The monoisotopic (exact) mass is 421 g/mol. The molecule has 0 unspecified atom stereocenters. The van der Waals surface area contributed by atoms with Crippen molar-refractivity contribution in [3.8, 4) is 11.1 Å². The Bertz CT molecular complexity index is 1040. The summed E-state index contributed by atoms with van der Waals surface area (Å²) >= 11 is 1.09. The van der Waals surface area contributed by atoms with Crippen molar-refractivity contribution in [2.24, 2.45) is 0 Å². The number of amides is 2. The normalized spacial score (nSPS) is 19.9. The summed E-state index contributed by atoms with van der Waals surface area (Å²) in [6, 6.07) is 11.1. The zero-order chi connectivity index (χ0) is 21.8. The van der Waals surface area contributed by atoms with Crippen LogP contribution < -0.4 is 0 Å². The van der Waals surface area contributed by atoms with Crippen LogP contribution in [0, 0.1) is 13.8 Å². The Morgan fingerprint density at radius 3 is 2.03 bits per heavy atom. The minimum Gasteiger partial charge on any atom is -0.273 e. The first-order valence-electron chi connectivity index (χ1n) is 10.7. The van der Waals surface area contributed by atoms with Crippen molar-refractivity contribution in [3.63, 3.8) is 0 Å². The van der Waals surface area contributed by atoms with Gasteiger partial charge in [-0.15, -0.1) is 0 Å². The Morgan fingerprint density at radius 2 is 1.47 bits per heavy atom. The molecule has 1 heterocycles. The van der Waals surface area contributed by atoms with Gasteiger partial charge in [-0.1, -0.05) is 69.8 Å². The maximum Gasteiger partial charge on any atom is 0.289 e. The van der Waals surface area contributed by atoms with E-state index < -0.39 is 0 Å². The Labute approximate surface area is 184 Å². The fraction of sp³-hybridized carbons (Fsp3) is 0.462. The molecular formula is C26H31NO2S. The molecule has 2 aromatic carbocycles. The van der Waals surface area contributed by atoms with Crippen LogP contribution in [0.2, 0.25) is 0 Å². The fourth-order valence-electron chi connectivity index (χ4n) is 4.86. The van der Waals surface area contributed by atoms with E-state index in [0.717, 1.165) is 17.3 Å². The number of thioether (sulfide) groups is 1. The lowest BCUT2D eigenvalue weighted by Crippen LogP contribution is -2.34. The molecular weight excluding hydrogens is 390 g/mol. The molecule has 2 amide bonds. The van der Waals surface area contributed by atoms with Crippen LogP contribution in [-0.2, 0) is 22.2 Å². The molecule has 1 aliphatic heterocycles. The molecule has 2 aromatic rings. The van der Waals surface area contributed by atoms with Gasteiger partial charge in [-0.2, -0.15) is 0 Å². The zero-order valence-electron chi connectivity index (χ0n) is 18.9. The summed E-state index contributed by atoms with van der Waals surface area (Å²) in [7, 11) is 0. The highest BCUT2D eigenvalue weighted by molar-refractivity contribution is 8.14. The van der Waals surface area contributed by atoms with Gasteiger partial charge < -0.3 is 0 Å². The van der Waals surface area contributed by atoms with Gasteiger partial charge in [0.2, 0.25) is 5.91 Å². The number of carbonyl (C=O) groups excluding carboxylic acids is 2. The van der Waals surface area contributed by atoms with E-state index in [9.17, 15) is 9.59 Å². The van der Waals surface area contributed by atoms with Crippen molar-refractivity contribution in [2.45, 2.75) is 71.8 Å². The van der Waals surface area contributed by atoms with Crippen molar-refractivity contribution in [1.82, 2.24) is 4.90 Å². The lowest BCUT2D eigenvalue weighted by Gasteiger charge is -2.42. The standard InChI is InChI=1S/C26H31NO2S/c1-16-11-18(14-27-23(28)15-30-24(27)29)7-8-19(16)20-13-22-21(12-17(20)2)25(3,4)9-10-26(22,5)6/h7-8,11-13H,9-10,14-15H2,1-6H3. The summed E-state index contributed by atoms with van der Waals surface area (Å²) in [4.78, 5) is 25.2. The molecule has 1 fully saturated rings. The summed E-state index contributed by atoms with van der Waals surface area (Å²) in [5, 5.41) is -0.142. The number of aryl methyl sites for hydroxylation is 2. The quantitative estimate of drug-likeness (QED) is 0.566. The van der Waals surface area contributed by atoms with Gasteiger partial charge in [0.15, 0.2) is 0 Å².